The molecule has 0 aromatic carbocycles. The number of hydrogen-bond donors (Lipinski definition) is 6. The highest BCUT2D eigenvalue weighted by Crippen LogP contribution is 1.97. The molecule has 0 aromatic rings. The first-order valence-electron chi connectivity index (χ1n) is 6.94. The lowest BCUT2D eigenvalue weighted by atomic mass is 10.1. The lowest BCUT2D eigenvalue weighted by Crippen LogP contribution is -2.43. The molecule has 2 atom stereocenters. The highest BCUT2D eigenvalue weighted by Gasteiger charge is 2.12. The van der Waals surface area contributed by atoms with Crippen molar-refractivity contribution in [3.05, 3.63) is 0 Å². The monoisotopic (exact) mass is 342 g/mol. The van der Waals surface area contributed by atoms with E-state index in [2.05, 4.69) is 15.4 Å². The Morgan fingerprint density at radius 3 is 2.41 bits per heavy atom. The molecule has 0 aliphatic carbocycles. The van der Waals surface area contributed by atoms with E-state index in [0.717, 1.165) is 12.8 Å². The summed E-state index contributed by atoms with van der Waals surface area (Å²) in [5.41, 5.74) is 11.0. The van der Waals surface area contributed by atoms with E-state index in [4.69, 9.17) is 21.7 Å². The van der Waals surface area contributed by atoms with Crippen LogP contribution in [0.5, 0.6) is 0 Å². The quantitative estimate of drug-likeness (QED) is 0.238. The normalized spacial score (nSPS) is 12.7. The van der Waals surface area contributed by atoms with Crippen LogP contribution in [0.1, 0.15) is 19.3 Å². The summed E-state index contributed by atoms with van der Waals surface area (Å²) < 4.78 is 4.61. The topological polar surface area (TPSA) is 160 Å². The Bertz CT molecular complexity index is 309. The lowest BCUT2D eigenvalue weighted by molar-refractivity contribution is -0.122. The van der Waals surface area contributed by atoms with Gasteiger partial charge in [-0.2, -0.15) is 0 Å². The molecule has 0 saturated heterocycles. The van der Waals surface area contributed by atoms with Crippen LogP contribution in [0.2, 0.25) is 0 Å². The van der Waals surface area contributed by atoms with Gasteiger partial charge in [-0.15, -0.1) is 12.4 Å². The van der Waals surface area contributed by atoms with Crippen LogP contribution in [0.15, 0.2) is 0 Å². The summed E-state index contributed by atoms with van der Waals surface area (Å²) in [4.78, 5) is 22.7. The average molecular weight is 343 g/mol. The summed E-state index contributed by atoms with van der Waals surface area (Å²) in [5.74, 6) is -0.280. The van der Waals surface area contributed by atoms with Crippen LogP contribution in [-0.2, 0) is 9.53 Å². The largest absolute Gasteiger partial charge is 0.447 e. The molecule has 0 aliphatic heterocycles. The van der Waals surface area contributed by atoms with Gasteiger partial charge in [0.15, 0.2) is 0 Å². The van der Waals surface area contributed by atoms with E-state index in [1.807, 2.05) is 0 Å². The maximum atomic E-state index is 11.6. The first-order valence-corrected chi connectivity index (χ1v) is 6.94. The maximum absolute atomic E-state index is 11.6. The molecule has 10 heteroatoms. The molecule has 0 radical (unpaired) electrons. The molecular weight excluding hydrogens is 316 g/mol. The summed E-state index contributed by atoms with van der Waals surface area (Å²) in [6, 6.07) is -0.580. The highest BCUT2D eigenvalue weighted by molar-refractivity contribution is 5.85. The number of halogens is 1. The first-order chi connectivity index (χ1) is 10.0. The molecule has 0 spiro atoms. The van der Waals surface area contributed by atoms with Gasteiger partial charge >= 0.3 is 6.09 Å². The Kier molecular flexibility index (Phi) is 15.6. The molecule has 0 aromatic heterocycles. The summed E-state index contributed by atoms with van der Waals surface area (Å²) in [6.45, 7) is 0.202. The van der Waals surface area contributed by atoms with Gasteiger partial charge < -0.3 is 37.1 Å². The predicted octanol–water partition coefficient (Wildman–Crippen LogP) is -1.94. The third-order valence-electron chi connectivity index (χ3n) is 2.62. The van der Waals surface area contributed by atoms with Crippen molar-refractivity contribution in [1.29, 1.82) is 0 Å². The summed E-state index contributed by atoms with van der Waals surface area (Å²) in [5, 5.41) is 22.5. The van der Waals surface area contributed by atoms with E-state index in [9.17, 15) is 9.59 Å². The van der Waals surface area contributed by atoms with Crippen molar-refractivity contribution in [3.63, 3.8) is 0 Å². The van der Waals surface area contributed by atoms with Gasteiger partial charge in [0.25, 0.3) is 0 Å². The van der Waals surface area contributed by atoms with Gasteiger partial charge in [0, 0.05) is 13.1 Å². The fourth-order valence-corrected chi connectivity index (χ4v) is 1.40. The van der Waals surface area contributed by atoms with Crippen molar-refractivity contribution >= 4 is 24.4 Å². The summed E-state index contributed by atoms with van der Waals surface area (Å²) in [7, 11) is 0. The van der Waals surface area contributed by atoms with Crippen molar-refractivity contribution in [2.75, 3.05) is 32.8 Å². The zero-order valence-electron chi connectivity index (χ0n) is 12.5. The predicted molar refractivity (Wildman–Crippen MR) is 83.6 cm³/mol. The number of aliphatic hydroxyl groups is 2. The van der Waals surface area contributed by atoms with Crippen molar-refractivity contribution < 1.29 is 24.5 Å². The fourth-order valence-electron chi connectivity index (χ4n) is 1.40. The number of hydrogen-bond acceptors (Lipinski definition) is 7. The molecule has 2 unspecified atom stereocenters. The number of carbonyl (C=O) groups is 2. The molecule has 2 amide bonds. The molecule has 8 N–H and O–H groups in total. The van der Waals surface area contributed by atoms with E-state index in [0.29, 0.717) is 13.0 Å². The maximum Gasteiger partial charge on any atom is 0.407 e. The second-order valence-corrected chi connectivity index (χ2v) is 4.54. The third kappa shape index (κ3) is 12.6. The van der Waals surface area contributed by atoms with Gasteiger partial charge in [0.2, 0.25) is 5.91 Å². The minimum Gasteiger partial charge on any atom is -0.447 e. The Hall–Kier alpha value is -1.13. The van der Waals surface area contributed by atoms with E-state index in [-0.39, 0.29) is 38.0 Å². The number of aliphatic hydroxyl groups excluding tert-OH is 2. The number of nitrogens with two attached hydrogens (primary N) is 2. The lowest BCUT2D eigenvalue weighted by Gasteiger charge is -2.13. The van der Waals surface area contributed by atoms with Gasteiger partial charge in [0.1, 0.15) is 12.7 Å². The molecule has 0 aliphatic rings. The zero-order chi connectivity index (χ0) is 16.1. The first kappa shape index (κ1) is 23.1. The van der Waals surface area contributed by atoms with Crippen LogP contribution >= 0.6 is 12.4 Å². The second kappa shape index (κ2) is 14.8. The Labute approximate surface area is 136 Å². The molecule has 132 valence electrons. The van der Waals surface area contributed by atoms with Crippen LogP contribution in [0, 0.1) is 0 Å². The van der Waals surface area contributed by atoms with Crippen LogP contribution < -0.4 is 22.1 Å². The van der Waals surface area contributed by atoms with Gasteiger partial charge in [0.05, 0.1) is 12.6 Å². The van der Waals surface area contributed by atoms with Crippen LogP contribution in [0.4, 0.5) is 4.79 Å². The van der Waals surface area contributed by atoms with E-state index < -0.39 is 24.8 Å². The van der Waals surface area contributed by atoms with Crippen molar-refractivity contribution in [2.24, 2.45) is 11.5 Å². The molecule has 0 fully saturated rings. The van der Waals surface area contributed by atoms with Crippen LogP contribution in [0.3, 0.4) is 0 Å². The smallest absolute Gasteiger partial charge is 0.407 e. The molecule has 22 heavy (non-hydrogen) atoms. The van der Waals surface area contributed by atoms with Gasteiger partial charge in [-0.25, -0.2) is 4.79 Å². The fraction of sp³-hybridized carbons (Fsp3) is 0.833. The summed E-state index contributed by atoms with van der Waals surface area (Å²) in [6.07, 6.45) is 0.361. The Morgan fingerprint density at radius 1 is 1.18 bits per heavy atom. The SMILES string of the molecule is Cl.NCCCCC(N)C(=O)NCCNC(=O)OCC(O)CO. The minimum absolute atomic E-state index is 0. The van der Waals surface area contributed by atoms with E-state index in [1.54, 1.807) is 0 Å². The molecule has 0 saturated carbocycles. The van der Waals surface area contributed by atoms with Crippen molar-refractivity contribution in [1.82, 2.24) is 10.6 Å². The number of unbranched alkanes of at least 4 members (excludes halogenated alkanes) is 1. The number of alkyl carbamates (subject to hydrolysis) is 1. The van der Waals surface area contributed by atoms with Gasteiger partial charge in [-0.1, -0.05) is 6.42 Å². The molecular formula is C12H27ClN4O5. The second-order valence-electron chi connectivity index (χ2n) is 4.54. The Morgan fingerprint density at radius 2 is 1.82 bits per heavy atom. The van der Waals surface area contributed by atoms with Crippen molar-refractivity contribution in [2.45, 2.75) is 31.4 Å². The highest BCUT2D eigenvalue weighted by atomic mass is 35.5. The Balaban J connectivity index is 0. The standard InChI is InChI=1S/C12H26N4O5.ClH/c13-4-2-1-3-10(14)11(19)15-5-6-16-12(20)21-8-9(18)7-17;/h9-10,17-18H,1-8,13-14H2,(H,15,19)(H,16,20);1H. The molecule has 0 heterocycles. The average Bonchev–Trinajstić information content (AvgIpc) is 2.48. The van der Waals surface area contributed by atoms with Crippen LogP contribution in [-0.4, -0.2) is 67.2 Å². The number of carbonyl (C=O) groups excluding carboxylic acids is 2. The number of rotatable bonds is 11. The minimum atomic E-state index is -1.10. The molecule has 0 bridgehead atoms. The van der Waals surface area contributed by atoms with Crippen molar-refractivity contribution in [3.8, 4) is 0 Å². The van der Waals surface area contributed by atoms with E-state index in [1.165, 1.54) is 0 Å². The van der Waals surface area contributed by atoms with Gasteiger partial charge in [-0.05, 0) is 19.4 Å². The zero-order valence-corrected chi connectivity index (χ0v) is 13.3. The number of ether oxygens (including phenoxy) is 1. The third-order valence-corrected chi connectivity index (χ3v) is 2.62. The molecule has 9 nitrogen and oxygen atoms in total. The number of amides is 2. The van der Waals surface area contributed by atoms with E-state index >= 15 is 0 Å². The van der Waals surface area contributed by atoms with Crippen LogP contribution in [0.25, 0.3) is 0 Å². The number of nitrogens with one attached hydrogen (secondary N) is 2. The molecule has 0 rings (SSSR count). The summed E-state index contributed by atoms with van der Waals surface area (Å²) >= 11 is 0. The van der Waals surface area contributed by atoms with Gasteiger partial charge in [-0.3, -0.25) is 4.79 Å².